The standard InChI is InChI=1S/C4H6N2S/c1-2-4-5-3-6-7-4/h3H,2H2,1H3/i2D2. The first-order valence-electron chi connectivity index (χ1n) is 2.88. The van der Waals surface area contributed by atoms with E-state index in [-0.39, 0.29) is 0 Å². The van der Waals surface area contributed by atoms with Gasteiger partial charge in [0.2, 0.25) is 0 Å². The molecule has 0 aliphatic carbocycles. The molecule has 0 spiro atoms. The Morgan fingerprint density at radius 1 is 2.14 bits per heavy atom. The molecule has 0 radical (unpaired) electrons. The highest BCUT2D eigenvalue weighted by atomic mass is 32.1. The van der Waals surface area contributed by atoms with Crippen LogP contribution in [0.4, 0.5) is 0 Å². The molecule has 0 atom stereocenters. The zero-order chi connectivity index (χ0) is 6.91. The highest BCUT2D eigenvalue weighted by molar-refractivity contribution is 7.05. The molecule has 0 fully saturated rings. The highest BCUT2D eigenvalue weighted by Crippen LogP contribution is 1.97. The molecular weight excluding hydrogens is 108 g/mol. The van der Waals surface area contributed by atoms with E-state index in [2.05, 4.69) is 9.36 Å². The molecule has 0 saturated heterocycles. The summed E-state index contributed by atoms with van der Waals surface area (Å²) in [5.41, 5.74) is 0. The molecule has 1 rings (SSSR count). The summed E-state index contributed by atoms with van der Waals surface area (Å²) < 4.78 is 18.0. The molecule has 0 bridgehead atoms. The summed E-state index contributed by atoms with van der Waals surface area (Å²) >= 11 is 1.09. The largest absolute Gasteiger partial charge is 0.228 e. The van der Waals surface area contributed by atoms with Crippen LogP contribution in [0.1, 0.15) is 14.7 Å². The fourth-order valence-electron chi connectivity index (χ4n) is 0.283. The maximum absolute atomic E-state index is 7.16. The third-order valence-electron chi connectivity index (χ3n) is 0.575. The van der Waals surface area contributed by atoms with E-state index in [1.165, 1.54) is 13.3 Å². The predicted octanol–water partition coefficient (Wildman–Crippen LogP) is 1.10. The maximum atomic E-state index is 7.16. The number of rotatable bonds is 1. The predicted molar refractivity (Wildman–Crippen MR) is 29.3 cm³/mol. The summed E-state index contributed by atoms with van der Waals surface area (Å²) in [6.45, 7) is 1.47. The number of hydrogen-bond acceptors (Lipinski definition) is 3. The summed E-state index contributed by atoms with van der Waals surface area (Å²) in [6, 6.07) is 0. The summed E-state index contributed by atoms with van der Waals surface area (Å²) in [4.78, 5) is 3.72. The van der Waals surface area contributed by atoms with Gasteiger partial charge in [-0.1, -0.05) is 6.92 Å². The van der Waals surface area contributed by atoms with Crippen LogP contribution in [0.3, 0.4) is 0 Å². The molecule has 3 heteroatoms. The minimum absolute atomic E-state index is 0.433. The number of hydrogen-bond donors (Lipinski definition) is 0. The SMILES string of the molecule is [2H]C([2H])(C)c1ncns1. The van der Waals surface area contributed by atoms with Crippen LogP contribution < -0.4 is 0 Å². The van der Waals surface area contributed by atoms with Crippen molar-refractivity contribution in [2.45, 2.75) is 13.3 Å². The van der Waals surface area contributed by atoms with Gasteiger partial charge >= 0.3 is 0 Å². The van der Waals surface area contributed by atoms with E-state index in [1.807, 2.05) is 0 Å². The Kier molecular flexibility index (Phi) is 0.800. The van der Waals surface area contributed by atoms with Crippen molar-refractivity contribution in [2.24, 2.45) is 0 Å². The Hall–Kier alpha value is -0.440. The van der Waals surface area contributed by atoms with E-state index >= 15 is 0 Å². The second-order valence-electron chi connectivity index (χ2n) is 0.996. The fraction of sp³-hybridized carbons (Fsp3) is 0.500. The van der Waals surface area contributed by atoms with E-state index in [9.17, 15) is 0 Å². The van der Waals surface area contributed by atoms with Gasteiger partial charge in [-0.05, 0) is 17.9 Å². The lowest BCUT2D eigenvalue weighted by Crippen LogP contribution is -1.70. The lowest BCUT2D eigenvalue weighted by Gasteiger charge is -1.74. The van der Waals surface area contributed by atoms with Crippen LogP contribution in [-0.4, -0.2) is 9.36 Å². The molecule has 0 unspecified atom stereocenters. The van der Waals surface area contributed by atoms with Crippen LogP contribution in [0.2, 0.25) is 0 Å². The van der Waals surface area contributed by atoms with E-state index < -0.39 is 6.37 Å². The van der Waals surface area contributed by atoms with E-state index in [0.717, 1.165) is 11.5 Å². The first kappa shape index (κ1) is 2.77. The van der Waals surface area contributed by atoms with Crippen LogP contribution in [0.5, 0.6) is 0 Å². The summed E-state index contributed by atoms with van der Waals surface area (Å²) in [6.07, 6.45) is 0.0303. The molecule has 0 N–H and O–H groups in total. The fourth-order valence-corrected chi connectivity index (χ4v) is 0.663. The summed E-state index contributed by atoms with van der Waals surface area (Å²) in [5.74, 6) is 0. The van der Waals surface area contributed by atoms with Crippen molar-refractivity contribution in [1.29, 1.82) is 0 Å². The third kappa shape index (κ3) is 0.962. The Morgan fingerprint density at radius 2 is 3.00 bits per heavy atom. The van der Waals surface area contributed by atoms with Gasteiger partial charge in [0.15, 0.2) is 0 Å². The number of aromatic nitrogens is 2. The maximum Gasteiger partial charge on any atom is 0.129 e. The van der Waals surface area contributed by atoms with Crippen molar-refractivity contribution >= 4 is 11.5 Å². The molecule has 0 aliphatic heterocycles. The minimum Gasteiger partial charge on any atom is -0.228 e. The molecule has 38 valence electrons. The summed E-state index contributed by atoms with van der Waals surface area (Å²) in [5, 5.41) is 0.433. The van der Waals surface area contributed by atoms with Gasteiger partial charge < -0.3 is 0 Å². The average Bonchev–Trinajstić information content (AvgIpc) is 2.08. The molecule has 0 saturated carbocycles. The van der Waals surface area contributed by atoms with Gasteiger partial charge in [-0.2, -0.15) is 4.37 Å². The van der Waals surface area contributed by atoms with Crippen molar-refractivity contribution in [3.63, 3.8) is 0 Å². The molecule has 1 aromatic rings. The number of nitrogens with zero attached hydrogens (tertiary/aromatic N) is 2. The van der Waals surface area contributed by atoms with Gasteiger partial charge in [-0.3, -0.25) is 0 Å². The third-order valence-corrected chi connectivity index (χ3v) is 1.26. The zero-order valence-electron chi connectivity index (χ0n) is 5.88. The van der Waals surface area contributed by atoms with Gasteiger partial charge in [-0.15, -0.1) is 0 Å². The second kappa shape index (κ2) is 2.02. The van der Waals surface area contributed by atoms with Gasteiger partial charge in [-0.25, -0.2) is 4.98 Å². The molecule has 1 aromatic heterocycles. The van der Waals surface area contributed by atoms with E-state index in [1.54, 1.807) is 0 Å². The second-order valence-corrected chi connectivity index (χ2v) is 1.78. The Morgan fingerprint density at radius 3 is 3.29 bits per heavy atom. The van der Waals surface area contributed by atoms with Crippen molar-refractivity contribution in [2.75, 3.05) is 0 Å². The first-order valence-corrected chi connectivity index (χ1v) is 2.65. The molecule has 0 amide bonds. The smallest absolute Gasteiger partial charge is 0.129 e. The molecule has 0 aliphatic rings. The highest BCUT2D eigenvalue weighted by Gasteiger charge is 1.86. The van der Waals surface area contributed by atoms with Crippen molar-refractivity contribution in [3.05, 3.63) is 11.3 Å². The van der Waals surface area contributed by atoms with Crippen molar-refractivity contribution in [3.8, 4) is 0 Å². The molecule has 7 heavy (non-hydrogen) atoms. The van der Waals surface area contributed by atoms with Gasteiger partial charge in [0, 0.05) is 2.74 Å². The molecular formula is C4H6N2S. The van der Waals surface area contributed by atoms with Crippen molar-refractivity contribution < 1.29 is 2.74 Å². The van der Waals surface area contributed by atoms with Gasteiger partial charge in [0.05, 0.1) is 0 Å². The number of aryl methyl sites for hydroxylation is 1. The lowest BCUT2D eigenvalue weighted by atomic mass is 10.5. The Labute approximate surface area is 49.2 Å². The normalized spacial score (nSPS) is 15.6. The molecule has 2 nitrogen and oxygen atoms in total. The van der Waals surface area contributed by atoms with Crippen molar-refractivity contribution in [1.82, 2.24) is 9.36 Å². The lowest BCUT2D eigenvalue weighted by molar-refractivity contribution is 1.09. The topological polar surface area (TPSA) is 25.8 Å². The Balaban J connectivity index is 2.90. The van der Waals surface area contributed by atoms with Crippen LogP contribution in [0.15, 0.2) is 6.33 Å². The van der Waals surface area contributed by atoms with Crippen LogP contribution >= 0.6 is 11.5 Å². The van der Waals surface area contributed by atoms with Crippen LogP contribution in [0, 0.1) is 0 Å². The average molecular weight is 116 g/mol. The quantitative estimate of drug-likeness (QED) is 0.549. The van der Waals surface area contributed by atoms with Gasteiger partial charge in [0.1, 0.15) is 11.3 Å². The van der Waals surface area contributed by atoms with E-state index in [0.29, 0.717) is 5.01 Å². The summed E-state index contributed by atoms with van der Waals surface area (Å²) in [7, 11) is 0. The zero-order valence-corrected chi connectivity index (χ0v) is 4.70. The van der Waals surface area contributed by atoms with Crippen LogP contribution in [-0.2, 0) is 6.37 Å². The molecule has 1 heterocycles. The molecule has 0 aromatic carbocycles. The van der Waals surface area contributed by atoms with Crippen LogP contribution in [0.25, 0.3) is 0 Å². The van der Waals surface area contributed by atoms with E-state index in [4.69, 9.17) is 2.74 Å². The van der Waals surface area contributed by atoms with Gasteiger partial charge in [0.25, 0.3) is 0 Å². The first-order chi connectivity index (χ1) is 4.11. The monoisotopic (exact) mass is 116 g/mol. The Bertz CT molecular complexity index is 179. The minimum atomic E-state index is -1.33.